The van der Waals surface area contributed by atoms with Crippen molar-refractivity contribution < 1.29 is 0 Å². The molecule has 0 aliphatic rings. The molecule has 3 heteroatoms. The maximum absolute atomic E-state index is 9.84. The number of benzene rings is 6. The summed E-state index contributed by atoms with van der Waals surface area (Å²) in [5.41, 5.74) is 11.2. The highest BCUT2D eigenvalue weighted by Crippen LogP contribution is 2.53. The molecule has 2 aromatic heterocycles. The molecular weight excluding hydrogens is 522 g/mol. The first-order valence-electron chi connectivity index (χ1n) is 14.6. The van der Waals surface area contributed by atoms with Crippen LogP contribution in [0.3, 0.4) is 0 Å². The van der Waals surface area contributed by atoms with Crippen molar-refractivity contribution in [1.29, 1.82) is 10.5 Å². The zero-order valence-electron chi connectivity index (χ0n) is 24.0. The van der Waals surface area contributed by atoms with Crippen LogP contribution in [0.15, 0.2) is 127 Å². The molecule has 3 nitrogen and oxygen atoms in total. The number of hydrogen-bond donors (Lipinski definition) is 0. The molecule has 0 bridgehead atoms. The van der Waals surface area contributed by atoms with Gasteiger partial charge in [0.2, 0.25) is 0 Å². The van der Waals surface area contributed by atoms with Gasteiger partial charge in [-0.3, -0.25) is 0 Å². The standard InChI is InChI=1S/C38H21N3.C2H6/c39-22-24-16-18-29-31(20-24)41-32-21-25(23-40)17-19-30(32)37-35(28-14-8-3-9-15-28)33(26-10-4-1-5-11-26)34(36(29)38(37)41)27-12-6-2-7-13-27;1-2/h1-21H;1-2H3. The normalized spacial score (nSPS) is 11.0. The average molecular weight is 550 g/mol. The number of nitriles is 2. The van der Waals surface area contributed by atoms with Crippen molar-refractivity contribution in [3.05, 3.63) is 139 Å². The molecule has 0 saturated heterocycles. The Hall–Kier alpha value is -5.90. The van der Waals surface area contributed by atoms with Gasteiger partial charge in [0, 0.05) is 32.7 Å². The summed E-state index contributed by atoms with van der Waals surface area (Å²) >= 11 is 0. The Morgan fingerprint density at radius 1 is 0.465 bits per heavy atom. The minimum Gasteiger partial charge on any atom is -0.308 e. The van der Waals surface area contributed by atoms with E-state index in [9.17, 15) is 10.5 Å². The van der Waals surface area contributed by atoms with Gasteiger partial charge >= 0.3 is 0 Å². The van der Waals surface area contributed by atoms with Crippen molar-refractivity contribution in [2.75, 3.05) is 0 Å². The first-order valence-corrected chi connectivity index (χ1v) is 14.6. The monoisotopic (exact) mass is 549 g/mol. The molecule has 2 heterocycles. The molecular formula is C40H27N3. The Morgan fingerprint density at radius 2 is 0.837 bits per heavy atom. The summed E-state index contributed by atoms with van der Waals surface area (Å²) < 4.78 is 2.27. The Balaban J connectivity index is 0.00000147. The molecule has 6 aromatic carbocycles. The van der Waals surface area contributed by atoms with E-state index in [0.717, 1.165) is 65.9 Å². The number of rotatable bonds is 3. The van der Waals surface area contributed by atoms with E-state index in [-0.39, 0.29) is 0 Å². The van der Waals surface area contributed by atoms with Crippen LogP contribution >= 0.6 is 0 Å². The van der Waals surface area contributed by atoms with Crippen LogP contribution in [0.4, 0.5) is 0 Å². The topological polar surface area (TPSA) is 52.0 Å². The minimum absolute atomic E-state index is 0.607. The van der Waals surface area contributed by atoms with Gasteiger partial charge < -0.3 is 4.40 Å². The van der Waals surface area contributed by atoms with E-state index in [1.54, 1.807) is 0 Å². The molecule has 0 spiro atoms. The lowest BCUT2D eigenvalue weighted by Crippen LogP contribution is -1.93. The molecule has 0 fully saturated rings. The van der Waals surface area contributed by atoms with Gasteiger partial charge in [-0.05, 0) is 46.5 Å². The van der Waals surface area contributed by atoms with Gasteiger partial charge in [0.15, 0.2) is 0 Å². The largest absolute Gasteiger partial charge is 0.308 e. The summed E-state index contributed by atoms with van der Waals surface area (Å²) in [6.45, 7) is 4.00. The van der Waals surface area contributed by atoms with Crippen molar-refractivity contribution in [3.63, 3.8) is 0 Å². The van der Waals surface area contributed by atoms with Crippen LogP contribution in [-0.2, 0) is 0 Å². The van der Waals surface area contributed by atoms with E-state index >= 15 is 0 Å². The van der Waals surface area contributed by atoms with E-state index in [4.69, 9.17) is 0 Å². The molecule has 0 atom stereocenters. The lowest BCUT2D eigenvalue weighted by molar-refractivity contribution is 1.36. The summed E-state index contributed by atoms with van der Waals surface area (Å²) in [6.07, 6.45) is 0. The molecule has 0 aliphatic carbocycles. The number of aromatic nitrogens is 1. The van der Waals surface area contributed by atoms with Gasteiger partial charge in [-0.15, -0.1) is 0 Å². The number of hydrogen-bond acceptors (Lipinski definition) is 2. The van der Waals surface area contributed by atoms with Crippen molar-refractivity contribution in [2.45, 2.75) is 13.8 Å². The molecule has 0 aliphatic heterocycles. The van der Waals surface area contributed by atoms with Crippen LogP contribution in [0.2, 0.25) is 0 Å². The molecule has 8 aromatic rings. The quantitative estimate of drug-likeness (QED) is 0.220. The van der Waals surface area contributed by atoms with Gasteiger partial charge in [-0.25, -0.2) is 0 Å². The first kappa shape index (κ1) is 26.0. The number of nitrogens with zero attached hydrogens (tertiary/aromatic N) is 3. The number of fused-ring (bicyclic) bond motifs is 6. The molecule has 8 rings (SSSR count). The van der Waals surface area contributed by atoms with Crippen LogP contribution in [0.1, 0.15) is 25.0 Å². The third-order valence-electron chi connectivity index (χ3n) is 8.16. The molecule has 0 N–H and O–H groups in total. The van der Waals surface area contributed by atoms with Crippen LogP contribution in [0.25, 0.3) is 71.5 Å². The summed E-state index contributed by atoms with van der Waals surface area (Å²) in [5, 5.41) is 24.2. The third-order valence-corrected chi connectivity index (χ3v) is 8.16. The molecule has 0 radical (unpaired) electrons. The first-order chi connectivity index (χ1) is 21.3. The van der Waals surface area contributed by atoms with E-state index in [1.807, 2.05) is 38.1 Å². The average Bonchev–Trinajstić information content (AvgIpc) is 3.60. The lowest BCUT2D eigenvalue weighted by Gasteiger charge is -2.20. The Bertz CT molecular complexity index is 2210. The van der Waals surface area contributed by atoms with E-state index < -0.39 is 0 Å². The van der Waals surface area contributed by atoms with Gasteiger partial charge in [0.25, 0.3) is 0 Å². The molecule has 0 saturated carbocycles. The summed E-state index contributed by atoms with van der Waals surface area (Å²) in [7, 11) is 0. The zero-order chi connectivity index (χ0) is 29.5. The highest BCUT2D eigenvalue weighted by atomic mass is 14.9. The molecule has 0 unspecified atom stereocenters. The van der Waals surface area contributed by atoms with Crippen molar-refractivity contribution >= 4 is 38.1 Å². The fourth-order valence-corrected chi connectivity index (χ4v) is 6.53. The zero-order valence-corrected chi connectivity index (χ0v) is 24.0. The third kappa shape index (κ3) is 3.87. The van der Waals surface area contributed by atoms with E-state index in [0.29, 0.717) is 11.1 Å². The second-order valence-electron chi connectivity index (χ2n) is 10.3. The molecule has 202 valence electrons. The Kier molecular flexibility index (Phi) is 6.35. The SMILES string of the molecule is CC.N#Cc1ccc2c3c(-c4ccccc4)c(-c4ccccc4)c(-c4ccccc4)c4c5ccc(C#N)cc5n(c2c1)c34. The fraction of sp³-hybridized carbons (Fsp3) is 0.0500. The van der Waals surface area contributed by atoms with Crippen LogP contribution in [0.5, 0.6) is 0 Å². The molecule has 0 amide bonds. The summed E-state index contributed by atoms with van der Waals surface area (Å²) in [4.78, 5) is 0. The highest BCUT2D eigenvalue weighted by Gasteiger charge is 2.28. The minimum atomic E-state index is 0.607. The van der Waals surface area contributed by atoms with Crippen LogP contribution in [0, 0.1) is 22.7 Å². The predicted octanol–water partition coefficient (Wildman–Crippen LogP) is 10.6. The van der Waals surface area contributed by atoms with Crippen molar-refractivity contribution in [3.8, 4) is 45.5 Å². The van der Waals surface area contributed by atoms with Crippen molar-refractivity contribution in [1.82, 2.24) is 4.40 Å². The maximum atomic E-state index is 9.84. The lowest BCUT2D eigenvalue weighted by atomic mass is 9.82. The highest BCUT2D eigenvalue weighted by molar-refractivity contribution is 6.33. The van der Waals surface area contributed by atoms with Crippen molar-refractivity contribution in [2.24, 2.45) is 0 Å². The maximum Gasteiger partial charge on any atom is 0.0992 e. The Labute approximate surface area is 250 Å². The fourth-order valence-electron chi connectivity index (χ4n) is 6.53. The van der Waals surface area contributed by atoms with Crippen LogP contribution in [-0.4, -0.2) is 4.40 Å². The van der Waals surface area contributed by atoms with Gasteiger partial charge in [0.1, 0.15) is 0 Å². The van der Waals surface area contributed by atoms with E-state index in [1.165, 1.54) is 5.56 Å². The van der Waals surface area contributed by atoms with Gasteiger partial charge in [-0.1, -0.05) is 117 Å². The van der Waals surface area contributed by atoms with Crippen LogP contribution < -0.4 is 0 Å². The summed E-state index contributed by atoms with van der Waals surface area (Å²) in [6, 6.07) is 48.4. The second kappa shape index (κ2) is 10.5. The van der Waals surface area contributed by atoms with E-state index in [2.05, 4.69) is 120 Å². The Morgan fingerprint density at radius 3 is 1.21 bits per heavy atom. The smallest absolute Gasteiger partial charge is 0.0992 e. The second-order valence-corrected chi connectivity index (χ2v) is 10.3. The molecule has 43 heavy (non-hydrogen) atoms. The predicted molar refractivity (Wildman–Crippen MR) is 178 cm³/mol. The summed E-state index contributed by atoms with van der Waals surface area (Å²) in [5.74, 6) is 0. The van der Waals surface area contributed by atoms with Gasteiger partial charge in [0.05, 0.1) is 39.8 Å². The van der Waals surface area contributed by atoms with Gasteiger partial charge in [-0.2, -0.15) is 10.5 Å².